The van der Waals surface area contributed by atoms with Crippen LogP contribution in [0.2, 0.25) is 0 Å². The third-order valence-corrected chi connectivity index (χ3v) is 3.45. The molecule has 1 aromatic carbocycles. The number of carboxylic acid groups (broad SMARTS) is 1. The van der Waals surface area contributed by atoms with Crippen LogP contribution in [0, 0.1) is 6.92 Å². The SMILES string of the molecule is CCc1cccc(C)c1Nc1nc(C(=O)O)cs1. The van der Waals surface area contributed by atoms with Crippen molar-refractivity contribution in [3.05, 3.63) is 40.4 Å². The zero-order valence-electron chi connectivity index (χ0n) is 10.2. The molecule has 4 nitrogen and oxygen atoms in total. The molecule has 18 heavy (non-hydrogen) atoms. The predicted octanol–water partition coefficient (Wildman–Crippen LogP) is 3.46. The van der Waals surface area contributed by atoms with Crippen LogP contribution in [0.3, 0.4) is 0 Å². The molecule has 0 saturated carbocycles. The Kier molecular flexibility index (Phi) is 3.62. The molecule has 0 atom stereocenters. The number of rotatable bonds is 4. The van der Waals surface area contributed by atoms with Gasteiger partial charge in [0, 0.05) is 11.1 Å². The van der Waals surface area contributed by atoms with Gasteiger partial charge in [-0.2, -0.15) is 0 Å². The normalized spacial score (nSPS) is 10.3. The van der Waals surface area contributed by atoms with Gasteiger partial charge in [0.15, 0.2) is 10.8 Å². The van der Waals surface area contributed by atoms with Gasteiger partial charge in [-0.25, -0.2) is 9.78 Å². The van der Waals surface area contributed by atoms with Crippen molar-refractivity contribution in [2.24, 2.45) is 0 Å². The average Bonchev–Trinajstić information content (AvgIpc) is 2.80. The van der Waals surface area contributed by atoms with Crippen molar-refractivity contribution in [3.63, 3.8) is 0 Å². The third-order valence-electron chi connectivity index (χ3n) is 2.70. The smallest absolute Gasteiger partial charge is 0.355 e. The van der Waals surface area contributed by atoms with E-state index in [-0.39, 0.29) is 5.69 Å². The van der Waals surface area contributed by atoms with Crippen LogP contribution in [-0.2, 0) is 6.42 Å². The van der Waals surface area contributed by atoms with Crippen molar-refractivity contribution >= 4 is 28.1 Å². The number of hydrogen-bond acceptors (Lipinski definition) is 4. The maximum absolute atomic E-state index is 10.8. The number of aromatic nitrogens is 1. The topological polar surface area (TPSA) is 62.2 Å². The van der Waals surface area contributed by atoms with E-state index in [0.717, 1.165) is 17.7 Å². The lowest BCUT2D eigenvalue weighted by atomic mass is 10.1. The summed E-state index contributed by atoms with van der Waals surface area (Å²) >= 11 is 1.30. The first-order chi connectivity index (χ1) is 8.61. The van der Waals surface area contributed by atoms with Crippen LogP contribution in [0.1, 0.15) is 28.5 Å². The summed E-state index contributed by atoms with van der Waals surface area (Å²) in [6.45, 7) is 4.11. The summed E-state index contributed by atoms with van der Waals surface area (Å²) in [5, 5.41) is 14.2. The second-order valence-corrected chi connectivity index (χ2v) is 4.79. The van der Waals surface area contributed by atoms with Gasteiger partial charge in [-0.1, -0.05) is 25.1 Å². The van der Waals surface area contributed by atoms with E-state index in [4.69, 9.17) is 5.11 Å². The van der Waals surface area contributed by atoms with Crippen LogP contribution in [0.25, 0.3) is 0 Å². The molecule has 5 heteroatoms. The van der Waals surface area contributed by atoms with Gasteiger partial charge in [-0.15, -0.1) is 11.3 Å². The largest absolute Gasteiger partial charge is 0.476 e. The van der Waals surface area contributed by atoms with Crippen molar-refractivity contribution in [3.8, 4) is 0 Å². The fourth-order valence-corrected chi connectivity index (χ4v) is 2.43. The van der Waals surface area contributed by atoms with Crippen LogP contribution in [0.5, 0.6) is 0 Å². The highest BCUT2D eigenvalue weighted by Gasteiger charge is 2.10. The molecule has 2 aromatic rings. The van der Waals surface area contributed by atoms with Gasteiger partial charge in [0.1, 0.15) is 0 Å². The van der Waals surface area contributed by atoms with Gasteiger partial charge in [0.25, 0.3) is 0 Å². The van der Waals surface area contributed by atoms with Crippen LogP contribution < -0.4 is 5.32 Å². The Morgan fingerprint density at radius 3 is 2.89 bits per heavy atom. The maximum atomic E-state index is 10.8. The van der Waals surface area contributed by atoms with E-state index >= 15 is 0 Å². The predicted molar refractivity (Wildman–Crippen MR) is 72.9 cm³/mol. The number of thiazole rings is 1. The molecule has 2 N–H and O–H groups in total. The van der Waals surface area contributed by atoms with E-state index in [1.165, 1.54) is 22.3 Å². The molecule has 1 aromatic heterocycles. The zero-order valence-corrected chi connectivity index (χ0v) is 11.0. The number of benzene rings is 1. The molecule has 0 saturated heterocycles. The fraction of sp³-hybridized carbons (Fsp3) is 0.231. The lowest BCUT2D eigenvalue weighted by Gasteiger charge is -2.11. The van der Waals surface area contributed by atoms with Gasteiger partial charge in [0.2, 0.25) is 0 Å². The quantitative estimate of drug-likeness (QED) is 0.885. The van der Waals surface area contributed by atoms with Gasteiger partial charge >= 0.3 is 5.97 Å². The molecule has 0 aliphatic rings. The minimum Gasteiger partial charge on any atom is -0.476 e. The Labute approximate surface area is 109 Å². The summed E-state index contributed by atoms with van der Waals surface area (Å²) in [6.07, 6.45) is 0.918. The molecule has 2 rings (SSSR count). The molecule has 0 spiro atoms. The number of nitrogens with zero attached hydrogens (tertiary/aromatic N) is 1. The van der Waals surface area contributed by atoms with E-state index in [1.807, 2.05) is 19.1 Å². The van der Waals surface area contributed by atoms with Gasteiger partial charge in [-0.3, -0.25) is 0 Å². The van der Waals surface area contributed by atoms with Crippen molar-refractivity contribution in [2.75, 3.05) is 5.32 Å². The number of hydrogen-bond donors (Lipinski definition) is 2. The minimum atomic E-state index is -1.00. The summed E-state index contributed by atoms with van der Waals surface area (Å²) < 4.78 is 0. The summed E-state index contributed by atoms with van der Waals surface area (Å²) in [5.74, 6) is -1.00. The second-order valence-electron chi connectivity index (χ2n) is 3.93. The summed E-state index contributed by atoms with van der Waals surface area (Å²) in [6, 6.07) is 6.10. The Bertz CT molecular complexity index is 578. The number of carboxylic acids is 1. The van der Waals surface area contributed by atoms with Crippen LogP contribution in [0.4, 0.5) is 10.8 Å². The second kappa shape index (κ2) is 5.18. The average molecular weight is 262 g/mol. The van der Waals surface area contributed by atoms with Crippen LogP contribution in [0.15, 0.2) is 23.6 Å². The maximum Gasteiger partial charge on any atom is 0.355 e. The highest BCUT2D eigenvalue weighted by Crippen LogP contribution is 2.27. The highest BCUT2D eigenvalue weighted by molar-refractivity contribution is 7.14. The minimum absolute atomic E-state index is 0.0779. The van der Waals surface area contributed by atoms with Crippen LogP contribution in [-0.4, -0.2) is 16.1 Å². The molecule has 1 heterocycles. The van der Waals surface area contributed by atoms with Gasteiger partial charge in [0.05, 0.1) is 0 Å². The monoisotopic (exact) mass is 262 g/mol. The lowest BCUT2D eigenvalue weighted by Crippen LogP contribution is -2.00. The molecular weight excluding hydrogens is 248 g/mol. The molecule has 0 bridgehead atoms. The summed E-state index contributed by atoms with van der Waals surface area (Å²) in [5.41, 5.74) is 3.42. The summed E-state index contributed by atoms with van der Waals surface area (Å²) in [4.78, 5) is 14.8. The van der Waals surface area contributed by atoms with E-state index < -0.39 is 5.97 Å². The Hall–Kier alpha value is -1.88. The number of aryl methyl sites for hydroxylation is 2. The molecule has 0 radical (unpaired) electrons. The molecule has 94 valence electrons. The van der Waals surface area contributed by atoms with E-state index in [1.54, 1.807) is 0 Å². The number of carbonyl (C=O) groups is 1. The standard InChI is InChI=1S/C13H14N2O2S/c1-3-9-6-4-5-8(2)11(9)15-13-14-10(7-18-13)12(16)17/h4-7H,3H2,1-2H3,(H,14,15)(H,16,17). The Morgan fingerprint density at radius 2 is 2.28 bits per heavy atom. The first-order valence-corrected chi connectivity index (χ1v) is 6.54. The first-order valence-electron chi connectivity index (χ1n) is 5.66. The number of nitrogens with one attached hydrogen (secondary N) is 1. The molecule has 0 aliphatic heterocycles. The Balaban J connectivity index is 2.30. The zero-order chi connectivity index (χ0) is 13.1. The van der Waals surface area contributed by atoms with Crippen molar-refractivity contribution in [1.29, 1.82) is 0 Å². The molecule has 0 unspecified atom stereocenters. The number of anilines is 2. The molecule has 0 amide bonds. The number of para-hydroxylation sites is 1. The first kappa shape index (κ1) is 12.6. The van der Waals surface area contributed by atoms with Gasteiger partial charge < -0.3 is 10.4 Å². The third kappa shape index (κ3) is 2.51. The Morgan fingerprint density at radius 1 is 1.50 bits per heavy atom. The van der Waals surface area contributed by atoms with E-state index in [2.05, 4.69) is 23.3 Å². The molecular formula is C13H14N2O2S. The molecule has 0 fully saturated rings. The van der Waals surface area contributed by atoms with Crippen molar-refractivity contribution in [2.45, 2.75) is 20.3 Å². The van der Waals surface area contributed by atoms with Gasteiger partial charge in [-0.05, 0) is 24.5 Å². The fourth-order valence-electron chi connectivity index (χ4n) is 1.74. The van der Waals surface area contributed by atoms with Crippen LogP contribution >= 0.6 is 11.3 Å². The lowest BCUT2D eigenvalue weighted by molar-refractivity contribution is 0.0691. The highest BCUT2D eigenvalue weighted by atomic mass is 32.1. The van der Waals surface area contributed by atoms with Crippen molar-refractivity contribution < 1.29 is 9.90 Å². The van der Waals surface area contributed by atoms with E-state index in [0.29, 0.717) is 5.13 Å². The van der Waals surface area contributed by atoms with E-state index in [9.17, 15) is 4.79 Å². The molecule has 0 aliphatic carbocycles. The number of aromatic carboxylic acids is 1. The van der Waals surface area contributed by atoms with Crippen molar-refractivity contribution in [1.82, 2.24) is 4.98 Å². The summed E-state index contributed by atoms with van der Waals surface area (Å²) in [7, 11) is 0.